The fourth-order valence-corrected chi connectivity index (χ4v) is 1.06. The van der Waals surface area contributed by atoms with Gasteiger partial charge in [0.15, 0.2) is 0 Å². The average Bonchev–Trinajstić information content (AvgIpc) is 2.14. The molecule has 1 fully saturated rings. The Labute approximate surface area is 49.5 Å². The van der Waals surface area contributed by atoms with Crippen LogP contribution in [0.15, 0.2) is 0 Å². The van der Waals surface area contributed by atoms with Gasteiger partial charge in [-0.3, -0.25) is 4.79 Å². The standard InChI is InChI=1S/C6H11NO/c1-6-2-3-7(4-6)5-8/h5-6H,2-4H2,1H3/t6-/m0/s1. The fraction of sp³-hybridized carbons (Fsp3) is 0.833. The molecule has 0 unspecified atom stereocenters. The van der Waals surface area contributed by atoms with E-state index in [2.05, 4.69) is 6.92 Å². The van der Waals surface area contributed by atoms with Crippen molar-refractivity contribution < 1.29 is 4.79 Å². The van der Waals surface area contributed by atoms with Crippen molar-refractivity contribution in [2.75, 3.05) is 13.1 Å². The number of amides is 1. The molecule has 0 aliphatic carbocycles. The minimum atomic E-state index is 0.722. The molecule has 1 aliphatic rings. The molecule has 2 heteroatoms. The quantitative estimate of drug-likeness (QED) is 0.453. The van der Waals surface area contributed by atoms with Crippen LogP contribution in [-0.4, -0.2) is 24.4 Å². The normalized spacial score (nSPS) is 28.6. The summed E-state index contributed by atoms with van der Waals surface area (Å²) in [5, 5.41) is 0. The Morgan fingerprint density at radius 1 is 1.75 bits per heavy atom. The lowest BCUT2D eigenvalue weighted by Gasteiger charge is -2.04. The largest absolute Gasteiger partial charge is 0.345 e. The fourth-order valence-electron chi connectivity index (χ4n) is 1.06. The van der Waals surface area contributed by atoms with Crippen LogP contribution in [0.2, 0.25) is 0 Å². The Morgan fingerprint density at radius 3 is 2.75 bits per heavy atom. The van der Waals surface area contributed by atoms with Crippen LogP contribution in [0, 0.1) is 5.92 Å². The van der Waals surface area contributed by atoms with Gasteiger partial charge in [-0.05, 0) is 12.3 Å². The third-order valence-corrected chi connectivity index (χ3v) is 1.60. The van der Waals surface area contributed by atoms with Gasteiger partial charge in [-0.25, -0.2) is 0 Å². The third kappa shape index (κ3) is 0.997. The van der Waals surface area contributed by atoms with Crippen LogP contribution in [0.1, 0.15) is 13.3 Å². The molecule has 1 rings (SSSR count). The van der Waals surface area contributed by atoms with E-state index in [0.717, 1.165) is 25.4 Å². The zero-order chi connectivity index (χ0) is 5.98. The topological polar surface area (TPSA) is 20.3 Å². The SMILES string of the molecule is C[C@H]1CCN(C=O)C1. The predicted octanol–water partition coefficient (Wildman–Crippen LogP) is 0.485. The van der Waals surface area contributed by atoms with Gasteiger partial charge < -0.3 is 4.90 Å². The van der Waals surface area contributed by atoms with E-state index in [-0.39, 0.29) is 0 Å². The van der Waals surface area contributed by atoms with Crippen LogP contribution in [0.4, 0.5) is 0 Å². The molecule has 1 aliphatic heterocycles. The molecule has 0 saturated carbocycles. The number of likely N-dealkylation sites (tertiary alicyclic amines) is 1. The maximum absolute atomic E-state index is 10.1. The second kappa shape index (κ2) is 2.16. The van der Waals surface area contributed by atoms with Crippen LogP contribution in [-0.2, 0) is 4.79 Å². The predicted molar refractivity (Wildman–Crippen MR) is 31.4 cm³/mol. The van der Waals surface area contributed by atoms with Gasteiger partial charge in [0.05, 0.1) is 0 Å². The lowest BCUT2D eigenvalue weighted by molar-refractivity contribution is -0.117. The van der Waals surface area contributed by atoms with E-state index in [1.54, 1.807) is 0 Å². The molecule has 1 amide bonds. The molecule has 0 radical (unpaired) electrons. The molecule has 0 aromatic heterocycles. The van der Waals surface area contributed by atoms with Crippen molar-refractivity contribution in [2.45, 2.75) is 13.3 Å². The molecule has 0 aromatic carbocycles. The average molecular weight is 113 g/mol. The van der Waals surface area contributed by atoms with E-state index < -0.39 is 0 Å². The van der Waals surface area contributed by atoms with Gasteiger partial charge in [0, 0.05) is 13.1 Å². The molecule has 0 N–H and O–H groups in total. The van der Waals surface area contributed by atoms with Gasteiger partial charge in [-0.2, -0.15) is 0 Å². The first-order valence-corrected chi connectivity index (χ1v) is 3.02. The highest BCUT2D eigenvalue weighted by atomic mass is 16.1. The van der Waals surface area contributed by atoms with Gasteiger partial charge in [0.1, 0.15) is 0 Å². The van der Waals surface area contributed by atoms with Crippen molar-refractivity contribution in [1.82, 2.24) is 4.90 Å². The zero-order valence-corrected chi connectivity index (χ0v) is 5.13. The van der Waals surface area contributed by atoms with Crippen molar-refractivity contribution in [2.24, 2.45) is 5.92 Å². The van der Waals surface area contributed by atoms with Crippen molar-refractivity contribution >= 4 is 6.41 Å². The maximum atomic E-state index is 10.1. The van der Waals surface area contributed by atoms with Gasteiger partial charge in [0.25, 0.3) is 0 Å². The van der Waals surface area contributed by atoms with Crippen LogP contribution >= 0.6 is 0 Å². The van der Waals surface area contributed by atoms with Crippen molar-refractivity contribution in [3.05, 3.63) is 0 Å². The van der Waals surface area contributed by atoms with Gasteiger partial charge in [-0.15, -0.1) is 0 Å². The Kier molecular flexibility index (Phi) is 1.51. The monoisotopic (exact) mass is 113 g/mol. The summed E-state index contributed by atoms with van der Waals surface area (Å²) in [6.45, 7) is 4.09. The Hall–Kier alpha value is -0.530. The van der Waals surface area contributed by atoms with E-state index in [1.165, 1.54) is 6.42 Å². The summed E-state index contributed by atoms with van der Waals surface area (Å²) in [4.78, 5) is 11.9. The minimum Gasteiger partial charge on any atom is -0.345 e. The first kappa shape index (κ1) is 5.60. The summed E-state index contributed by atoms with van der Waals surface area (Å²) in [5.41, 5.74) is 0. The second-order valence-corrected chi connectivity index (χ2v) is 2.49. The summed E-state index contributed by atoms with van der Waals surface area (Å²) in [5.74, 6) is 0.722. The van der Waals surface area contributed by atoms with Crippen molar-refractivity contribution in [3.8, 4) is 0 Å². The number of hydrogen-bond donors (Lipinski definition) is 0. The van der Waals surface area contributed by atoms with Crippen LogP contribution in [0.25, 0.3) is 0 Å². The Bertz CT molecular complexity index is 92.5. The summed E-state index contributed by atoms with van der Waals surface area (Å²) in [7, 11) is 0. The summed E-state index contributed by atoms with van der Waals surface area (Å²) < 4.78 is 0. The highest BCUT2D eigenvalue weighted by Crippen LogP contribution is 2.11. The molecule has 1 atom stereocenters. The van der Waals surface area contributed by atoms with Gasteiger partial charge in [-0.1, -0.05) is 6.92 Å². The van der Waals surface area contributed by atoms with Crippen LogP contribution < -0.4 is 0 Å². The number of rotatable bonds is 1. The summed E-state index contributed by atoms with van der Waals surface area (Å²) in [6.07, 6.45) is 2.11. The highest BCUT2D eigenvalue weighted by Gasteiger charge is 2.15. The summed E-state index contributed by atoms with van der Waals surface area (Å²) in [6, 6.07) is 0. The second-order valence-electron chi connectivity index (χ2n) is 2.49. The minimum absolute atomic E-state index is 0.722. The summed E-state index contributed by atoms with van der Waals surface area (Å²) >= 11 is 0. The molecular formula is C6H11NO. The van der Waals surface area contributed by atoms with Crippen LogP contribution in [0.5, 0.6) is 0 Å². The van der Waals surface area contributed by atoms with Gasteiger partial charge in [0.2, 0.25) is 6.41 Å². The van der Waals surface area contributed by atoms with E-state index in [4.69, 9.17) is 0 Å². The van der Waals surface area contributed by atoms with Crippen LogP contribution in [0.3, 0.4) is 0 Å². The van der Waals surface area contributed by atoms with Gasteiger partial charge >= 0.3 is 0 Å². The number of carbonyl (C=O) groups excluding carboxylic acids is 1. The molecular weight excluding hydrogens is 102 g/mol. The number of carbonyl (C=O) groups is 1. The number of nitrogens with zero attached hydrogens (tertiary/aromatic N) is 1. The van der Waals surface area contributed by atoms with E-state index in [1.807, 2.05) is 4.90 Å². The molecule has 0 bridgehead atoms. The smallest absolute Gasteiger partial charge is 0.209 e. The Balaban J connectivity index is 2.32. The molecule has 46 valence electrons. The van der Waals surface area contributed by atoms with E-state index in [0.29, 0.717) is 0 Å². The molecule has 0 aromatic rings. The van der Waals surface area contributed by atoms with Crippen molar-refractivity contribution in [1.29, 1.82) is 0 Å². The molecule has 8 heavy (non-hydrogen) atoms. The first-order valence-electron chi connectivity index (χ1n) is 3.02. The third-order valence-electron chi connectivity index (χ3n) is 1.60. The maximum Gasteiger partial charge on any atom is 0.209 e. The molecule has 0 spiro atoms. The van der Waals surface area contributed by atoms with Crippen molar-refractivity contribution in [3.63, 3.8) is 0 Å². The molecule has 1 heterocycles. The highest BCUT2D eigenvalue weighted by molar-refractivity contribution is 5.47. The molecule has 2 nitrogen and oxygen atoms in total. The first-order chi connectivity index (χ1) is 3.83. The zero-order valence-electron chi connectivity index (χ0n) is 5.13. The lowest BCUT2D eigenvalue weighted by atomic mass is 10.2. The van der Waals surface area contributed by atoms with E-state index in [9.17, 15) is 4.79 Å². The van der Waals surface area contributed by atoms with E-state index >= 15 is 0 Å². The number of hydrogen-bond acceptors (Lipinski definition) is 1. The molecule has 1 saturated heterocycles. The Morgan fingerprint density at radius 2 is 2.50 bits per heavy atom. The lowest BCUT2D eigenvalue weighted by Crippen LogP contribution is -2.17.